The fourth-order valence-corrected chi connectivity index (χ4v) is 16.6. The van der Waals surface area contributed by atoms with Gasteiger partial charge in [0.1, 0.15) is 0 Å². The zero-order chi connectivity index (χ0) is 30.6. The topological polar surface area (TPSA) is 27.7 Å². The third-order valence-corrected chi connectivity index (χ3v) is 17.9. The minimum atomic E-state index is -2.90. The van der Waals surface area contributed by atoms with Gasteiger partial charge < -0.3 is 37.2 Å². The van der Waals surface area contributed by atoms with E-state index in [1.165, 1.54) is 71.2 Å². The molecule has 8 heteroatoms. The van der Waals surface area contributed by atoms with Gasteiger partial charge >= 0.3 is 262 Å². The summed E-state index contributed by atoms with van der Waals surface area (Å²) >= 11 is 2.52. The Balaban J connectivity index is 0.00000323. The zero-order valence-electron chi connectivity index (χ0n) is 28.3. The molecule has 0 atom stereocenters. The summed E-state index contributed by atoms with van der Waals surface area (Å²) in [5, 5.41) is 4.18. The summed E-state index contributed by atoms with van der Waals surface area (Å²) in [6, 6.07) is 14.5. The second-order valence-electron chi connectivity index (χ2n) is 11.9. The molecular weight excluding hydrogens is 663 g/mol. The number of allylic oxidation sites excluding steroid dienone is 4. The molecule has 1 aliphatic rings. The average Bonchev–Trinajstić information content (AvgIpc) is 3.04. The summed E-state index contributed by atoms with van der Waals surface area (Å²) in [4.78, 5) is 0. The van der Waals surface area contributed by atoms with Crippen LogP contribution in [0, 0.1) is 41.5 Å². The van der Waals surface area contributed by atoms with E-state index in [0.717, 1.165) is 17.2 Å². The van der Waals surface area contributed by atoms with Crippen molar-refractivity contribution in [3.8, 4) is 17.2 Å². The first-order valence-corrected chi connectivity index (χ1v) is 17.1. The van der Waals surface area contributed by atoms with Gasteiger partial charge in [0.15, 0.2) is 0 Å². The SMILES string of the molecule is COc1c(C)cc([Si](c2cc(C)c(OC)c(C)c2)(c2cc(C)c(OC)c(C)c2)[C]2([Ti+3])C(C)=C(C)C(C)=C2C)cc1C.[Cl-].[Cl-].[Cl-]. The van der Waals surface area contributed by atoms with Crippen molar-refractivity contribution in [1.29, 1.82) is 0 Å². The molecule has 236 valence electrons. The van der Waals surface area contributed by atoms with Crippen LogP contribution in [-0.2, 0) is 20.4 Å². The van der Waals surface area contributed by atoms with Crippen molar-refractivity contribution >= 4 is 23.6 Å². The Morgan fingerprint density at radius 3 is 0.841 bits per heavy atom. The van der Waals surface area contributed by atoms with E-state index >= 15 is 0 Å². The van der Waals surface area contributed by atoms with Crippen LogP contribution in [0.15, 0.2) is 58.7 Å². The number of hydrogen-bond donors (Lipinski definition) is 0. The van der Waals surface area contributed by atoms with Crippen molar-refractivity contribution in [2.75, 3.05) is 21.3 Å². The van der Waals surface area contributed by atoms with Crippen LogP contribution >= 0.6 is 0 Å². The number of halogens is 3. The molecule has 0 bridgehead atoms. The molecule has 0 aliphatic heterocycles. The van der Waals surface area contributed by atoms with Gasteiger partial charge in [-0.3, -0.25) is 0 Å². The van der Waals surface area contributed by atoms with Crippen molar-refractivity contribution in [2.24, 2.45) is 0 Å². The fourth-order valence-electron chi connectivity index (χ4n) is 7.58. The third kappa shape index (κ3) is 5.85. The molecule has 0 unspecified atom stereocenters. The van der Waals surface area contributed by atoms with Crippen molar-refractivity contribution in [3.63, 3.8) is 0 Å². The van der Waals surface area contributed by atoms with Crippen LogP contribution in [-0.4, -0.2) is 29.4 Å². The Morgan fingerprint density at radius 2 is 0.659 bits per heavy atom. The molecule has 44 heavy (non-hydrogen) atoms. The molecule has 0 amide bonds. The van der Waals surface area contributed by atoms with Crippen LogP contribution in [0.1, 0.15) is 61.1 Å². The Morgan fingerprint density at radius 1 is 0.455 bits per heavy atom. The first-order chi connectivity index (χ1) is 19.2. The van der Waals surface area contributed by atoms with Crippen molar-refractivity contribution < 1.29 is 71.9 Å². The molecule has 3 nitrogen and oxygen atoms in total. The Labute approximate surface area is 296 Å². The van der Waals surface area contributed by atoms with E-state index in [1.807, 2.05) is 0 Å². The molecule has 0 saturated heterocycles. The second kappa shape index (κ2) is 14.8. The molecule has 0 saturated carbocycles. The van der Waals surface area contributed by atoms with Gasteiger partial charge in [0.25, 0.3) is 0 Å². The van der Waals surface area contributed by atoms with Gasteiger partial charge in [-0.05, 0) is 0 Å². The van der Waals surface area contributed by atoms with Gasteiger partial charge in [-0.2, -0.15) is 0 Å². The van der Waals surface area contributed by atoms with Gasteiger partial charge in [0.05, 0.1) is 0 Å². The quantitative estimate of drug-likeness (QED) is 0.210. The first-order valence-electron chi connectivity index (χ1n) is 14.3. The summed E-state index contributed by atoms with van der Waals surface area (Å²) in [5.74, 6) is 2.89. The number of benzene rings is 3. The molecule has 3 aromatic rings. The first kappa shape index (κ1) is 40.4. The van der Waals surface area contributed by atoms with Crippen molar-refractivity contribution in [3.05, 3.63) is 92.1 Å². The number of methoxy groups -OCH3 is 3. The minimum absolute atomic E-state index is 0. The van der Waals surface area contributed by atoms with E-state index in [-0.39, 0.29) is 40.6 Å². The van der Waals surface area contributed by atoms with Crippen LogP contribution in [0.25, 0.3) is 0 Å². The van der Waals surface area contributed by atoms with Gasteiger partial charge in [-0.1, -0.05) is 0 Å². The van der Waals surface area contributed by atoms with E-state index in [2.05, 4.69) is 126 Å². The molecule has 0 spiro atoms. The summed E-state index contributed by atoms with van der Waals surface area (Å²) in [6.07, 6.45) is 0. The van der Waals surface area contributed by atoms with E-state index in [9.17, 15) is 0 Å². The molecule has 1 aliphatic carbocycles. The van der Waals surface area contributed by atoms with Crippen LogP contribution in [0.4, 0.5) is 0 Å². The largest absolute Gasteiger partial charge is 1.00 e. The Hall–Kier alpha value is -1.66. The monoisotopic (exact) mass is 706 g/mol. The summed E-state index contributed by atoms with van der Waals surface area (Å²) in [6.45, 7) is 22.4. The van der Waals surface area contributed by atoms with E-state index in [4.69, 9.17) is 14.2 Å². The molecule has 0 radical (unpaired) electrons. The van der Waals surface area contributed by atoms with E-state index in [1.54, 1.807) is 21.3 Å². The van der Waals surface area contributed by atoms with Gasteiger partial charge in [-0.25, -0.2) is 0 Å². The summed E-state index contributed by atoms with van der Waals surface area (Å²) < 4.78 is 17.4. The predicted octanol–water partition coefficient (Wildman–Crippen LogP) is -2.02. The van der Waals surface area contributed by atoms with Crippen molar-refractivity contribution in [2.45, 2.75) is 72.6 Å². The molecule has 0 aromatic heterocycles. The third-order valence-electron chi connectivity index (χ3n) is 9.67. The molecule has 0 N–H and O–H groups in total. The smallest absolute Gasteiger partial charge is 1.00 e. The fraction of sp³-hybridized carbons (Fsp3) is 0.389. The average molecular weight is 708 g/mol. The molecule has 0 heterocycles. The summed E-state index contributed by atoms with van der Waals surface area (Å²) in [5.41, 5.74) is 12.8. The number of aryl methyl sites for hydroxylation is 6. The summed E-state index contributed by atoms with van der Waals surface area (Å²) in [7, 11) is 2.42. The maximum Gasteiger partial charge on any atom is -1.00 e. The van der Waals surface area contributed by atoms with Crippen LogP contribution in [0.3, 0.4) is 0 Å². The van der Waals surface area contributed by atoms with E-state index in [0.29, 0.717) is 0 Å². The minimum Gasteiger partial charge on any atom is -1.00 e. The maximum absolute atomic E-state index is 5.88. The molecular formula is C36H45Cl3O3SiTi. The molecule has 3 aromatic carbocycles. The van der Waals surface area contributed by atoms with Crippen LogP contribution in [0.2, 0.25) is 3.34 Å². The maximum atomic E-state index is 5.88. The number of ether oxygens (including phenoxy) is 3. The Kier molecular flexibility index (Phi) is 13.6. The molecule has 0 fully saturated rings. The van der Waals surface area contributed by atoms with Gasteiger partial charge in [-0.15, -0.1) is 0 Å². The van der Waals surface area contributed by atoms with Gasteiger partial charge in [0, 0.05) is 0 Å². The molecule has 4 rings (SSSR count). The van der Waals surface area contributed by atoms with E-state index < -0.39 is 8.07 Å². The van der Waals surface area contributed by atoms with Gasteiger partial charge in [0.2, 0.25) is 0 Å². The van der Waals surface area contributed by atoms with Crippen LogP contribution < -0.4 is 67.0 Å². The van der Waals surface area contributed by atoms with Crippen LogP contribution in [0.5, 0.6) is 17.2 Å². The normalized spacial score (nSPS) is 14.1. The van der Waals surface area contributed by atoms with Crippen molar-refractivity contribution in [1.82, 2.24) is 0 Å². The Bertz CT molecular complexity index is 1390. The zero-order valence-corrected chi connectivity index (χ0v) is 33.2. The second-order valence-corrected chi connectivity index (χ2v) is 17.9. The number of rotatable bonds is 7. The number of hydrogen-bond acceptors (Lipinski definition) is 3. The predicted molar refractivity (Wildman–Crippen MR) is 172 cm³/mol. The standard InChI is InChI=1S/C36H45O3Si.3ClH.Ti/c1-20-14-30(15-21(2)33(20)37-11)40(36-28(9)26(7)27(8)29(36)10,31-16-22(3)34(38-12)23(4)17-31)32-18-24(5)35(39-13)25(6)19-32;;;;/h14-19H,1-13H3;3*1H;/q;;;;+3/p-3.